The summed E-state index contributed by atoms with van der Waals surface area (Å²) >= 11 is 0. The van der Waals surface area contributed by atoms with Crippen molar-refractivity contribution < 1.29 is 13.9 Å². The molecule has 0 N–H and O–H groups in total. The highest BCUT2D eigenvalue weighted by molar-refractivity contribution is 5.86. The van der Waals surface area contributed by atoms with E-state index in [1.807, 2.05) is 39.0 Å². The van der Waals surface area contributed by atoms with Crippen LogP contribution in [0.15, 0.2) is 28.9 Å². The number of aryl methyl sites for hydroxylation is 1. The lowest BCUT2D eigenvalue weighted by atomic mass is 10.1. The maximum Gasteiger partial charge on any atom is 0.140 e. The van der Waals surface area contributed by atoms with E-state index in [0.29, 0.717) is 6.61 Å². The Labute approximate surface area is 114 Å². The third kappa shape index (κ3) is 3.10. The second-order valence-corrected chi connectivity index (χ2v) is 4.49. The maximum absolute atomic E-state index is 5.83. The van der Waals surface area contributed by atoms with Crippen molar-refractivity contribution in [1.29, 1.82) is 0 Å². The van der Waals surface area contributed by atoms with E-state index >= 15 is 0 Å². The average Bonchev–Trinajstić information content (AvgIpc) is 3.12. The molecule has 1 unspecified atom stereocenters. The van der Waals surface area contributed by atoms with Gasteiger partial charge in [-0.15, -0.1) is 0 Å². The summed E-state index contributed by atoms with van der Waals surface area (Å²) in [5.74, 6) is 0.884. The predicted molar refractivity (Wildman–Crippen MR) is 76.8 cm³/mol. The first kappa shape index (κ1) is 13.9. The molecular weight excluding hydrogens is 240 g/mol. The van der Waals surface area contributed by atoms with E-state index < -0.39 is 0 Å². The van der Waals surface area contributed by atoms with Crippen LogP contribution in [-0.4, -0.2) is 19.3 Å². The molecule has 0 radical (unpaired) electrons. The van der Waals surface area contributed by atoms with Gasteiger partial charge >= 0.3 is 0 Å². The van der Waals surface area contributed by atoms with Crippen LogP contribution in [0.5, 0.6) is 5.75 Å². The second kappa shape index (κ2) is 6.62. The molecule has 0 bridgehead atoms. The summed E-state index contributed by atoms with van der Waals surface area (Å²) in [5, 5.41) is 1.04. The Balaban J connectivity index is 0.000000637. The molecule has 0 amide bonds. The van der Waals surface area contributed by atoms with Crippen LogP contribution in [0.4, 0.5) is 0 Å². The van der Waals surface area contributed by atoms with Gasteiger partial charge in [-0.3, -0.25) is 0 Å². The minimum absolute atomic E-state index is 0.248. The van der Waals surface area contributed by atoms with Crippen LogP contribution in [0.1, 0.15) is 32.3 Å². The van der Waals surface area contributed by atoms with Crippen LogP contribution in [-0.2, 0) is 4.74 Å². The molecule has 1 fully saturated rings. The molecule has 104 valence electrons. The second-order valence-electron chi connectivity index (χ2n) is 4.49. The lowest BCUT2D eigenvalue weighted by Gasteiger charge is -2.12. The predicted octanol–water partition coefficient (Wildman–Crippen LogP) is 4.33. The number of fused-ring (bicyclic) bond motifs is 1. The Morgan fingerprint density at radius 1 is 1.26 bits per heavy atom. The van der Waals surface area contributed by atoms with Crippen LogP contribution in [0.2, 0.25) is 0 Å². The van der Waals surface area contributed by atoms with Crippen molar-refractivity contribution in [1.82, 2.24) is 0 Å². The van der Waals surface area contributed by atoms with E-state index in [9.17, 15) is 0 Å². The monoisotopic (exact) mass is 262 g/mol. The van der Waals surface area contributed by atoms with Gasteiger partial charge in [0.1, 0.15) is 17.9 Å². The van der Waals surface area contributed by atoms with Gasteiger partial charge in [0.2, 0.25) is 0 Å². The van der Waals surface area contributed by atoms with E-state index in [1.54, 1.807) is 6.26 Å². The number of rotatable bonds is 3. The SMILES string of the molecule is CC.Cc1ccc(OCC2CCCO2)c2ccoc12. The topological polar surface area (TPSA) is 31.6 Å². The fraction of sp³-hybridized carbons (Fsp3) is 0.500. The largest absolute Gasteiger partial charge is 0.490 e. The highest BCUT2D eigenvalue weighted by Gasteiger charge is 2.17. The first-order valence-corrected chi connectivity index (χ1v) is 7.06. The van der Waals surface area contributed by atoms with Crippen LogP contribution in [0.3, 0.4) is 0 Å². The Kier molecular flexibility index (Phi) is 4.86. The Bertz CT molecular complexity index is 510. The Morgan fingerprint density at radius 3 is 2.84 bits per heavy atom. The van der Waals surface area contributed by atoms with Crippen LogP contribution in [0, 0.1) is 6.92 Å². The summed E-state index contributed by atoms with van der Waals surface area (Å²) in [4.78, 5) is 0. The molecule has 0 aliphatic carbocycles. The molecule has 0 saturated carbocycles. The van der Waals surface area contributed by atoms with Gasteiger partial charge in [0.25, 0.3) is 0 Å². The third-order valence-corrected chi connectivity index (χ3v) is 3.22. The van der Waals surface area contributed by atoms with Crippen LogP contribution < -0.4 is 4.74 Å². The van der Waals surface area contributed by atoms with Gasteiger partial charge in [0, 0.05) is 6.61 Å². The molecule has 1 saturated heterocycles. The number of benzene rings is 1. The van der Waals surface area contributed by atoms with Crippen molar-refractivity contribution in [2.24, 2.45) is 0 Å². The van der Waals surface area contributed by atoms with E-state index in [4.69, 9.17) is 13.9 Å². The third-order valence-electron chi connectivity index (χ3n) is 3.22. The van der Waals surface area contributed by atoms with Crippen molar-refractivity contribution >= 4 is 11.0 Å². The van der Waals surface area contributed by atoms with E-state index in [1.165, 1.54) is 0 Å². The number of furan rings is 1. The first-order chi connectivity index (χ1) is 9.34. The molecule has 1 atom stereocenters. The summed E-state index contributed by atoms with van der Waals surface area (Å²) in [6.07, 6.45) is 4.19. The molecule has 0 spiro atoms. The van der Waals surface area contributed by atoms with E-state index in [0.717, 1.165) is 41.7 Å². The van der Waals surface area contributed by atoms with E-state index in [2.05, 4.69) is 0 Å². The minimum atomic E-state index is 0.248. The summed E-state index contributed by atoms with van der Waals surface area (Å²) in [6.45, 7) is 7.53. The summed E-state index contributed by atoms with van der Waals surface area (Å²) in [5.41, 5.74) is 2.05. The lowest BCUT2D eigenvalue weighted by molar-refractivity contribution is 0.0685. The zero-order chi connectivity index (χ0) is 13.7. The number of hydrogen-bond donors (Lipinski definition) is 0. The number of ether oxygens (including phenoxy) is 2. The first-order valence-electron chi connectivity index (χ1n) is 7.06. The molecule has 2 heterocycles. The molecule has 3 nitrogen and oxygen atoms in total. The van der Waals surface area contributed by atoms with Gasteiger partial charge in [0.15, 0.2) is 0 Å². The van der Waals surface area contributed by atoms with Crippen molar-refractivity contribution in [3.63, 3.8) is 0 Å². The molecule has 19 heavy (non-hydrogen) atoms. The smallest absolute Gasteiger partial charge is 0.140 e. The minimum Gasteiger partial charge on any atom is -0.490 e. The summed E-state index contributed by atoms with van der Waals surface area (Å²) in [7, 11) is 0. The van der Waals surface area contributed by atoms with Crippen molar-refractivity contribution in [2.45, 2.75) is 39.7 Å². The van der Waals surface area contributed by atoms with Gasteiger partial charge in [-0.1, -0.05) is 19.9 Å². The summed E-state index contributed by atoms with van der Waals surface area (Å²) < 4.78 is 16.8. The van der Waals surface area contributed by atoms with Gasteiger partial charge in [0.05, 0.1) is 17.8 Å². The van der Waals surface area contributed by atoms with Crippen LogP contribution in [0.25, 0.3) is 11.0 Å². The Hall–Kier alpha value is -1.48. The zero-order valence-corrected chi connectivity index (χ0v) is 11.9. The fourth-order valence-corrected chi connectivity index (χ4v) is 2.26. The highest BCUT2D eigenvalue weighted by atomic mass is 16.5. The fourth-order valence-electron chi connectivity index (χ4n) is 2.26. The quantitative estimate of drug-likeness (QED) is 0.825. The molecule has 3 rings (SSSR count). The van der Waals surface area contributed by atoms with Crippen molar-refractivity contribution in [3.05, 3.63) is 30.0 Å². The van der Waals surface area contributed by atoms with Gasteiger partial charge in [-0.2, -0.15) is 0 Å². The summed E-state index contributed by atoms with van der Waals surface area (Å²) in [6, 6.07) is 5.98. The molecular formula is C16H22O3. The molecule has 2 aromatic rings. The molecule has 1 aromatic carbocycles. The number of hydrogen-bond acceptors (Lipinski definition) is 3. The maximum atomic E-state index is 5.83. The van der Waals surface area contributed by atoms with Crippen LogP contribution >= 0.6 is 0 Å². The lowest BCUT2D eigenvalue weighted by Crippen LogP contribution is -2.16. The molecule has 1 aliphatic rings. The standard InChI is InChI=1S/C14H16O3.C2H6/c1-10-4-5-13(12-6-8-16-14(10)12)17-9-11-3-2-7-15-11;1-2/h4-6,8,11H,2-3,7,9H2,1H3;1-2H3. The highest BCUT2D eigenvalue weighted by Crippen LogP contribution is 2.29. The van der Waals surface area contributed by atoms with Crippen molar-refractivity contribution in [2.75, 3.05) is 13.2 Å². The Morgan fingerprint density at radius 2 is 2.11 bits per heavy atom. The van der Waals surface area contributed by atoms with E-state index in [-0.39, 0.29) is 6.10 Å². The molecule has 1 aromatic heterocycles. The normalized spacial score (nSPS) is 18.2. The molecule has 1 aliphatic heterocycles. The molecule has 3 heteroatoms. The van der Waals surface area contributed by atoms with Gasteiger partial charge in [-0.05, 0) is 37.5 Å². The van der Waals surface area contributed by atoms with Gasteiger partial charge in [-0.25, -0.2) is 0 Å². The van der Waals surface area contributed by atoms with Gasteiger partial charge < -0.3 is 13.9 Å². The van der Waals surface area contributed by atoms with Crippen molar-refractivity contribution in [3.8, 4) is 5.75 Å². The zero-order valence-electron chi connectivity index (χ0n) is 11.9. The average molecular weight is 262 g/mol.